The van der Waals surface area contributed by atoms with Crippen molar-refractivity contribution in [3.05, 3.63) is 146 Å². The molecule has 0 radical (unpaired) electrons. The maximum absolute atomic E-state index is 5.45. The van der Waals surface area contributed by atoms with Crippen molar-refractivity contribution in [3.8, 4) is 45.0 Å². The summed E-state index contributed by atoms with van der Waals surface area (Å²) in [6.45, 7) is 0.444. The SMILES string of the molecule is C1=C(c2cccc(-c3c4ccccc4c(-c4cccc(-c5cocn5)n4)c4cc(-c5ccc6ccccc6c5)ccc34)n2)NCO1. The van der Waals surface area contributed by atoms with Gasteiger partial charge in [-0.2, -0.15) is 0 Å². The first-order chi connectivity index (χ1) is 22.8. The fourth-order valence-electron chi connectivity index (χ4n) is 6.50. The first-order valence-electron chi connectivity index (χ1n) is 15.2. The van der Waals surface area contributed by atoms with Crippen molar-refractivity contribution >= 4 is 38.0 Å². The molecule has 1 aliphatic heterocycles. The second-order valence-electron chi connectivity index (χ2n) is 11.3. The molecular weight excluding hydrogens is 568 g/mol. The lowest BCUT2D eigenvalue weighted by Crippen LogP contribution is -2.08. The summed E-state index contributed by atoms with van der Waals surface area (Å²) in [7, 11) is 0. The number of rotatable bonds is 5. The van der Waals surface area contributed by atoms with E-state index < -0.39 is 0 Å². The number of fused-ring (bicyclic) bond motifs is 3. The van der Waals surface area contributed by atoms with Crippen LogP contribution in [0.3, 0.4) is 0 Å². The van der Waals surface area contributed by atoms with Crippen LogP contribution in [0.25, 0.3) is 83.0 Å². The van der Waals surface area contributed by atoms with Crippen LogP contribution in [0.2, 0.25) is 0 Å². The highest BCUT2D eigenvalue weighted by atomic mass is 16.5. The molecule has 218 valence electrons. The number of aromatic nitrogens is 3. The van der Waals surface area contributed by atoms with Crippen molar-refractivity contribution in [2.24, 2.45) is 0 Å². The van der Waals surface area contributed by atoms with Gasteiger partial charge in [-0.15, -0.1) is 0 Å². The van der Waals surface area contributed by atoms with E-state index in [1.165, 1.54) is 17.2 Å². The normalized spacial score (nSPS) is 12.7. The maximum Gasteiger partial charge on any atom is 0.181 e. The van der Waals surface area contributed by atoms with E-state index in [1.54, 1.807) is 12.5 Å². The van der Waals surface area contributed by atoms with Gasteiger partial charge in [-0.1, -0.05) is 84.9 Å². The fraction of sp³-hybridized carbons (Fsp3) is 0.0250. The standard InChI is InChI=1S/C40H26N4O2/c1-2-8-26-19-27(16-15-25(26)7-1)28-17-18-31-32(20-28)40(36-14-6-12-34(44-36)38-22-46-24-42-38)30-10-4-3-9-29(30)39(31)35-13-5-11-33(43-35)37-21-45-23-41-37/h1-22,24,41H,23H2. The predicted molar refractivity (Wildman–Crippen MR) is 183 cm³/mol. The Bertz CT molecular complexity index is 2470. The topological polar surface area (TPSA) is 73.1 Å². The molecule has 8 aromatic rings. The smallest absolute Gasteiger partial charge is 0.181 e. The van der Waals surface area contributed by atoms with Gasteiger partial charge in [0.05, 0.1) is 28.5 Å². The lowest BCUT2D eigenvalue weighted by atomic mass is 9.87. The van der Waals surface area contributed by atoms with Crippen molar-refractivity contribution in [2.45, 2.75) is 0 Å². The third-order valence-electron chi connectivity index (χ3n) is 8.64. The van der Waals surface area contributed by atoms with E-state index >= 15 is 0 Å². The molecule has 1 N–H and O–H groups in total. The second kappa shape index (κ2) is 10.7. The third-order valence-corrected chi connectivity index (χ3v) is 8.64. The van der Waals surface area contributed by atoms with Gasteiger partial charge in [-0.3, -0.25) is 0 Å². The Kier molecular flexibility index (Phi) is 6.09. The summed E-state index contributed by atoms with van der Waals surface area (Å²) in [6, 6.07) is 42.6. The van der Waals surface area contributed by atoms with Gasteiger partial charge in [0, 0.05) is 11.1 Å². The van der Waals surface area contributed by atoms with Gasteiger partial charge in [0.15, 0.2) is 13.1 Å². The van der Waals surface area contributed by atoms with E-state index in [-0.39, 0.29) is 0 Å². The van der Waals surface area contributed by atoms with Crippen LogP contribution in [0, 0.1) is 0 Å². The molecule has 0 atom stereocenters. The van der Waals surface area contributed by atoms with Gasteiger partial charge in [-0.05, 0) is 79.8 Å². The van der Waals surface area contributed by atoms with Crippen molar-refractivity contribution in [1.29, 1.82) is 0 Å². The molecule has 3 aromatic heterocycles. The highest BCUT2D eigenvalue weighted by molar-refractivity contribution is 6.21. The molecule has 46 heavy (non-hydrogen) atoms. The molecule has 6 nitrogen and oxygen atoms in total. The van der Waals surface area contributed by atoms with Gasteiger partial charge in [-0.25, -0.2) is 15.0 Å². The maximum atomic E-state index is 5.45. The van der Waals surface area contributed by atoms with Crippen LogP contribution in [0.4, 0.5) is 0 Å². The minimum absolute atomic E-state index is 0.444. The highest BCUT2D eigenvalue weighted by Gasteiger charge is 2.20. The summed E-state index contributed by atoms with van der Waals surface area (Å²) in [5.74, 6) is 0. The van der Waals surface area contributed by atoms with Crippen molar-refractivity contribution in [2.75, 3.05) is 6.73 Å². The van der Waals surface area contributed by atoms with E-state index in [2.05, 4.69) is 113 Å². The number of benzene rings is 5. The molecule has 0 saturated heterocycles. The van der Waals surface area contributed by atoms with E-state index in [9.17, 15) is 0 Å². The third kappa shape index (κ3) is 4.39. The molecule has 1 aliphatic rings. The monoisotopic (exact) mass is 594 g/mol. The Labute approximate surface area is 264 Å². The number of ether oxygens (including phenoxy) is 1. The Balaban J connectivity index is 1.35. The molecule has 5 aromatic carbocycles. The molecule has 0 bridgehead atoms. The number of hydrogen-bond acceptors (Lipinski definition) is 6. The zero-order chi connectivity index (χ0) is 30.5. The zero-order valence-corrected chi connectivity index (χ0v) is 24.6. The molecule has 6 heteroatoms. The molecule has 9 rings (SSSR count). The molecule has 0 spiro atoms. The summed E-state index contributed by atoms with van der Waals surface area (Å²) < 4.78 is 10.7. The average Bonchev–Trinajstić information content (AvgIpc) is 3.86. The van der Waals surface area contributed by atoms with Crippen LogP contribution >= 0.6 is 0 Å². The van der Waals surface area contributed by atoms with Crippen LogP contribution in [-0.4, -0.2) is 21.7 Å². The Morgan fingerprint density at radius 2 is 1.17 bits per heavy atom. The fourth-order valence-corrected chi connectivity index (χ4v) is 6.50. The van der Waals surface area contributed by atoms with Crippen molar-refractivity contribution < 1.29 is 9.15 Å². The van der Waals surface area contributed by atoms with Crippen molar-refractivity contribution in [1.82, 2.24) is 20.3 Å². The lowest BCUT2D eigenvalue weighted by Gasteiger charge is -2.18. The summed E-state index contributed by atoms with van der Waals surface area (Å²) in [6.07, 6.45) is 4.79. The van der Waals surface area contributed by atoms with Crippen LogP contribution in [-0.2, 0) is 4.74 Å². The summed E-state index contributed by atoms with van der Waals surface area (Å²) in [5, 5.41) is 10.1. The Morgan fingerprint density at radius 1 is 0.522 bits per heavy atom. The summed E-state index contributed by atoms with van der Waals surface area (Å²) in [5.41, 5.74) is 9.35. The Hall–Kier alpha value is -6.27. The van der Waals surface area contributed by atoms with Crippen LogP contribution in [0.1, 0.15) is 5.69 Å². The van der Waals surface area contributed by atoms with Gasteiger partial charge in [0.1, 0.15) is 18.2 Å². The number of nitrogens with one attached hydrogen (secondary N) is 1. The van der Waals surface area contributed by atoms with Gasteiger partial charge in [0.25, 0.3) is 0 Å². The van der Waals surface area contributed by atoms with Crippen molar-refractivity contribution in [3.63, 3.8) is 0 Å². The summed E-state index contributed by atoms with van der Waals surface area (Å²) in [4.78, 5) is 14.6. The molecule has 0 unspecified atom stereocenters. The quantitative estimate of drug-likeness (QED) is 0.200. The van der Waals surface area contributed by atoms with Crippen LogP contribution in [0.15, 0.2) is 145 Å². The number of pyridine rings is 2. The molecular formula is C40H26N4O2. The van der Waals surface area contributed by atoms with E-state index in [4.69, 9.17) is 19.1 Å². The number of oxazole rings is 1. The van der Waals surface area contributed by atoms with Gasteiger partial charge >= 0.3 is 0 Å². The first kappa shape index (κ1) is 26.2. The zero-order valence-electron chi connectivity index (χ0n) is 24.6. The first-order valence-corrected chi connectivity index (χ1v) is 15.2. The molecule has 0 saturated carbocycles. The molecule has 0 fully saturated rings. The largest absolute Gasteiger partial charge is 0.479 e. The average molecular weight is 595 g/mol. The van der Waals surface area contributed by atoms with E-state index in [0.29, 0.717) is 12.4 Å². The minimum Gasteiger partial charge on any atom is -0.479 e. The van der Waals surface area contributed by atoms with Gasteiger partial charge in [0.2, 0.25) is 0 Å². The highest BCUT2D eigenvalue weighted by Crippen LogP contribution is 2.44. The number of hydrogen-bond donors (Lipinski definition) is 1. The minimum atomic E-state index is 0.444. The summed E-state index contributed by atoms with van der Waals surface area (Å²) >= 11 is 0. The van der Waals surface area contributed by atoms with E-state index in [1.807, 2.05) is 18.2 Å². The molecule has 0 amide bonds. The van der Waals surface area contributed by atoms with Crippen LogP contribution < -0.4 is 5.32 Å². The molecule has 0 aliphatic carbocycles. The molecule has 4 heterocycles. The van der Waals surface area contributed by atoms with Crippen LogP contribution in [0.5, 0.6) is 0 Å². The lowest BCUT2D eigenvalue weighted by molar-refractivity contribution is 0.267. The van der Waals surface area contributed by atoms with E-state index in [0.717, 1.165) is 72.3 Å². The van der Waals surface area contributed by atoms with Gasteiger partial charge < -0.3 is 14.5 Å². The Morgan fingerprint density at radius 3 is 1.93 bits per heavy atom. The predicted octanol–water partition coefficient (Wildman–Crippen LogP) is 9.47. The second-order valence-corrected chi connectivity index (χ2v) is 11.3. The number of nitrogens with zero attached hydrogens (tertiary/aromatic N) is 3.